The average Bonchev–Trinajstić information content (AvgIpc) is 3.01. The molecule has 2 N–H and O–H groups in total. The summed E-state index contributed by atoms with van der Waals surface area (Å²) >= 11 is 0. The van der Waals surface area contributed by atoms with E-state index in [0.29, 0.717) is 22.5 Å². The molecule has 0 saturated heterocycles. The zero-order chi connectivity index (χ0) is 18.1. The van der Waals surface area contributed by atoms with Crippen LogP contribution in [0, 0.1) is 10.1 Å². The van der Waals surface area contributed by atoms with Crippen molar-refractivity contribution < 1.29 is 9.72 Å². The minimum Gasteiger partial charge on any atom is -0.307 e. The highest BCUT2D eigenvalue weighted by atomic mass is 16.6. The Balaban J connectivity index is 1.64. The van der Waals surface area contributed by atoms with Crippen molar-refractivity contribution in [2.75, 3.05) is 10.6 Å². The Hall–Kier alpha value is -4.08. The van der Waals surface area contributed by atoms with E-state index in [1.807, 2.05) is 18.2 Å². The smallest absolute Gasteiger partial charge is 0.307 e. The molecule has 10 heteroatoms. The third kappa shape index (κ3) is 2.75. The molecule has 10 nitrogen and oxygen atoms in total. The number of nitrogens with zero attached hydrogens (tertiary/aromatic N) is 5. The van der Waals surface area contributed by atoms with E-state index in [-0.39, 0.29) is 5.69 Å². The molecule has 0 saturated carbocycles. The molecule has 0 aliphatic heterocycles. The maximum absolute atomic E-state index is 12.3. The quantitative estimate of drug-likeness (QED) is 0.432. The Labute approximate surface area is 145 Å². The number of hydrogen-bond donors (Lipinski definition) is 2. The van der Waals surface area contributed by atoms with Crippen molar-refractivity contribution in [3.63, 3.8) is 0 Å². The Bertz CT molecular complexity index is 1150. The van der Waals surface area contributed by atoms with E-state index >= 15 is 0 Å². The first-order valence-electron chi connectivity index (χ1n) is 7.52. The van der Waals surface area contributed by atoms with Crippen molar-refractivity contribution >= 4 is 39.8 Å². The van der Waals surface area contributed by atoms with Gasteiger partial charge in [-0.15, -0.1) is 5.10 Å². The zero-order valence-corrected chi connectivity index (χ0v) is 13.2. The minimum absolute atomic E-state index is 0.116. The lowest BCUT2D eigenvalue weighted by Gasteiger charge is -2.07. The average molecular weight is 349 g/mol. The summed E-state index contributed by atoms with van der Waals surface area (Å²) in [5, 5.41) is 20.9. The van der Waals surface area contributed by atoms with Crippen LogP contribution in [0.3, 0.4) is 0 Å². The largest absolute Gasteiger partial charge is 0.324 e. The van der Waals surface area contributed by atoms with E-state index in [0.717, 1.165) is 5.52 Å². The molecule has 0 spiro atoms. The van der Waals surface area contributed by atoms with Crippen molar-refractivity contribution in [3.05, 3.63) is 65.1 Å². The van der Waals surface area contributed by atoms with Gasteiger partial charge in [-0.2, -0.15) is 0 Å². The molecule has 3 heterocycles. The normalized spacial score (nSPS) is 10.8. The molecule has 0 fully saturated rings. The lowest BCUT2D eigenvalue weighted by atomic mass is 10.3. The highest BCUT2D eigenvalue weighted by Gasteiger charge is 2.14. The number of carbonyl (C=O) groups is 1. The van der Waals surface area contributed by atoms with Crippen molar-refractivity contribution in [2.24, 2.45) is 0 Å². The highest BCUT2D eigenvalue weighted by Crippen LogP contribution is 2.24. The van der Waals surface area contributed by atoms with Crippen LogP contribution < -0.4 is 10.6 Å². The number of fused-ring (bicyclic) bond motifs is 3. The number of nitro benzene ring substituents is 1. The minimum atomic E-state index is -0.583. The van der Waals surface area contributed by atoms with E-state index in [1.165, 1.54) is 24.5 Å². The summed E-state index contributed by atoms with van der Waals surface area (Å²) in [6.45, 7) is 0. The van der Waals surface area contributed by atoms with Gasteiger partial charge in [0.1, 0.15) is 12.1 Å². The van der Waals surface area contributed by atoms with Gasteiger partial charge in [0.25, 0.3) is 5.69 Å². The number of rotatable bonds is 3. The van der Waals surface area contributed by atoms with Crippen LogP contribution in [0.4, 0.5) is 22.0 Å². The van der Waals surface area contributed by atoms with Crippen LogP contribution in [0.1, 0.15) is 0 Å². The second kappa shape index (κ2) is 6.09. The Morgan fingerprint density at radius 2 is 2.00 bits per heavy atom. The molecule has 0 unspecified atom stereocenters. The lowest BCUT2D eigenvalue weighted by Crippen LogP contribution is -2.20. The predicted molar refractivity (Wildman–Crippen MR) is 94.0 cm³/mol. The van der Waals surface area contributed by atoms with E-state index < -0.39 is 11.0 Å². The summed E-state index contributed by atoms with van der Waals surface area (Å²) in [4.78, 5) is 30.8. The van der Waals surface area contributed by atoms with Gasteiger partial charge in [0.2, 0.25) is 0 Å². The molecule has 0 bridgehead atoms. The first-order chi connectivity index (χ1) is 12.6. The van der Waals surface area contributed by atoms with Crippen molar-refractivity contribution in [1.29, 1.82) is 0 Å². The molecule has 0 aliphatic rings. The summed E-state index contributed by atoms with van der Waals surface area (Å²) in [6.07, 6.45) is 3.07. The lowest BCUT2D eigenvalue weighted by molar-refractivity contribution is -0.384. The number of benzene rings is 1. The molecule has 1 aromatic carbocycles. The Morgan fingerprint density at radius 3 is 2.85 bits per heavy atom. The fraction of sp³-hybridized carbons (Fsp3) is 0. The number of nitro groups is 1. The third-order valence-electron chi connectivity index (χ3n) is 3.67. The van der Waals surface area contributed by atoms with Gasteiger partial charge >= 0.3 is 6.03 Å². The third-order valence-corrected chi connectivity index (χ3v) is 3.67. The van der Waals surface area contributed by atoms with Gasteiger partial charge in [-0.25, -0.2) is 19.3 Å². The van der Waals surface area contributed by atoms with Gasteiger partial charge in [0.15, 0.2) is 5.65 Å². The molecule has 2 amide bonds. The summed E-state index contributed by atoms with van der Waals surface area (Å²) < 4.78 is 1.64. The number of urea groups is 1. The molecule has 128 valence electrons. The van der Waals surface area contributed by atoms with Crippen molar-refractivity contribution in [3.8, 4) is 0 Å². The summed E-state index contributed by atoms with van der Waals surface area (Å²) in [5.41, 5.74) is 1.36. The molecule has 26 heavy (non-hydrogen) atoms. The van der Waals surface area contributed by atoms with E-state index in [1.54, 1.807) is 16.8 Å². The number of aromatic nitrogens is 4. The molecular formula is C16H11N7O3. The van der Waals surface area contributed by atoms with Crippen LogP contribution in [0.15, 0.2) is 55.0 Å². The Morgan fingerprint density at radius 1 is 1.12 bits per heavy atom. The Kier molecular flexibility index (Phi) is 3.62. The second-order valence-corrected chi connectivity index (χ2v) is 5.34. The molecule has 4 aromatic rings. The van der Waals surface area contributed by atoms with Crippen LogP contribution in [0.5, 0.6) is 0 Å². The van der Waals surface area contributed by atoms with Gasteiger partial charge in [-0.3, -0.25) is 15.4 Å². The van der Waals surface area contributed by atoms with Crippen LogP contribution in [0.2, 0.25) is 0 Å². The number of non-ortho nitro benzene ring substituents is 1. The van der Waals surface area contributed by atoms with E-state index in [9.17, 15) is 14.9 Å². The summed E-state index contributed by atoms with van der Waals surface area (Å²) in [5.74, 6) is 0.291. The number of amides is 2. The SMILES string of the molecule is O=C(Nc1cccc([N+](=O)[O-])c1)Nc1ncnc2nn3ccccc3c12. The van der Waals surface area contributed by atoms with Crippen LogP contribution >= 0.6 is 0 Å². The molecule has 3 aromatic heterocycles. The zero-order valence-electron chi connectivity index (χ0n) is 13.2. The molecule has 0 atom stereocenters. The van der Waals surface area contributed by atoms with Gasteiger partial charge in [0.05, 0.1) is 15.8 Å². The topological polar surface area (TPSA) is 127 Å². The van der Waals surface area contributed by atoms with E-state index in [4.69, 9.17) is 0 Å². The fourth-order valence-corrected chi connectivity index (χ4v) is 2.57. The van der Waals surface area contributed by atoms with Crippen LogP contribution in [-0.4, -0.2) is 30.5 Å². The van der Waals surface area contributed by atoms with Crippen molar-refractivity contribution in [2.45, 2.75) is 0 Å². The van der Waals surface area contributed by atoms with Gasteiger partial charge in [-0.05, 0) is 18.2 Å². The number of nitrogens with one attached hydrogen (secondary N) is 2. The number of hydrogen-bond acceptors (Lipinski definition) is 6. The van der Waals surface area contributed by atoms with Gasteiger partial charge < -0.3 is 5.32 Å². The number of carbonyl (C=O) groups excluding carboxylic acids is 1. The summed E-state index contributed by atoms with van der Waals surface area (Å²) in [6, 6.07) is 10.6. The fourth-order valence-electron chi connectivity index (χ4n) is 2.57. The van der Waals surface area contributed by atoms with E-state index in [2.05, 4.69) is 25.7 Å². The first kappa shape index (κ1) is 15.4. The monoisotopic (exact) mass is 349 g/mol. The predicted octanol–water partition coefficient (Wildman–Crippen LogP) is 2.83. The van der Waals surface area contributed by atoms with Gasteiger partial charge in [0, 0.05) is 24.0 Å². The van der Waals surface area contributed by atoms with Gasteiger partial charge in [-0.1, -0.05) is 12.1 Å². The maximum Gasteiger partial charge on any atom is 0.324 e. The summed E-state index contributed by atoms with van der Waals surface area (Å²) in [7, 11) is 0. The first-order valence-corrected chi connectivity index (χ1v) is 7.52. The molecule has 0 radical (unpaired) electrons. The molecule has 4 rings (SSSR count). The van der Waals surface area contributed by atoms with Crippen LogP contribution in [0.25, 0.3) is 16.6 Å². The van der Waals surface area contributed by atoms with Crippen molar-refractivity contribution in [1.82, 2.24) is 19.6 Å². The number of anilines is 2. The highest BCUT2D eigenvalue weighted by molar-refractivity contribution is 6.08. The second-order valence-electron chi connectivity index (χ2n) is 5.34. The maximum atomic E-state index is 12.3. The standard InChI is InChI=1S/C16H11N7O3/c24-16(19-10-4-3-5-11(8-10)23(25)26)20-14-13-12-6-1-2-7-22(12)21-15(13)18-9-17-14/h1-9H,(H2,17,18,19,20,21,24). The molecular weight excluding hydrogens is 338 g/mol. The van der Waals surface area contributed by atoms with Crippen LogP contribution in [-0.2, 0) is 0 Å². The molecule has 0 aliphatic carbocycles. The number of pyridine rings is 1.